The van der Waals surface area contributed by atoms with Crippen molar-refractivity contribution in [2.75, 3.05) is 26.2 Å². The number of hydrogen-bond acceptors (Lipinski definition) is 5. The molecular formula is C19H22F3N5O3. The Balaban J connectivity index is 1.53. The summed E-state index contributed by atoms with van der Waals surface area (Å²) in [5.74, 6) is -0.516. The van der Waals surface area contributed by atoms with Crippen LogP contribution in [0.1, 0.15) is 52.2 Å². The number of nitrogens with zero attached hydrogens (tertiary/aromatic N) is 3. The number of rotatable bonds is 6. The van der Waals surface area contributed by atoms with E-state index >= 15 is 0 Å². The molecule has 0 unspecified atom stereocenters. The summed E-state index contributed by atoms with van der Waals surface area (Å²) in [6.07, 6.45) is -1.71. The molecule has 0 aromatic carbocycles. The third-order valence-electron chi connectivity index (χ3n) is 4.78. The van der Waals surface area contributed by atoms with Crippen LogP contribution in [0.3, 0.4) is 0 Å². The minimum atomic E-state index is -4.48. The summed E-state index contributed by atoms with van der Waals surface area (Å²) >= 11 is 0. The molecule has 0 bridgehead atoms. The van der Waals surface area contributed by atoms with E-state index in [2.05, 4.69) is 15.2 Å². The van der Waals surface area contributed by atoms with Crippen LogP contribution in [0.15, 0.2) is 24.4 Å². The van der Waals surface area contributed by atoms with E-state index in [1.807, 2.05) is 6.92 Å². The molecule has 1 saturated heterocycles. The maximum atomic E-state index is 12.6. The van der Waals surface area contributed by atoms with Gasteiger partial charge in [0.15, 0.2) is 0 Å². The zero-order valence-corrected chi connectivity index (χ0v) is 16.3. The molecule has 0 spiro atoms. The van der Waals surface area contributed by atoms with Crippen molar-refractivity contribution >= 4 is 11.8 Å². The van der Waals surface area contributed by atoms with Crippen molar-refractivity contribution in [3.63, 3.8) is 0 Å². The van der Waals surface area contributed by atoms with E-state index in [1.54, 1.807) is 22.3 Å². The smallest absolute Gasteiger partial charge is 0.405 e. The van der Waals surface area contributed by atoms with Gasteiger partial charge in [0.2, 0.25) is 5.88 Å². The lowest BCUT2D eigenvalue weighted by Crippen LogP contribution is -2.38. The first-order valence-electron chi connectivity index (χ1n) is 9.55. The number of H-pyrrole nitrogens is 1. The molecule has 0 aliphatic carbocycles. The van der Waals surface area contributed by atoms with Gasteiger partial charge >= 0.3 is 6.18 Å². The van der Waals surface area contributed by atoms with Gasteiger partial charge in [0, 0.05) is 37.0 Å². The number of aromatic amines is 1. The van der Waals surface area contributed by atoms with E-state index in [4.69, 9.17) is 4.74 Å². The van der Waals surface area contributed by atoms with Gasteiger partial charge in [0.1, 0.15) is 12.2 Å². The van der Waals surface area contributed by atoms with E-state index < -0.39 is 18.6 Å². The highest BCUT2D eigenvalue weighted by molar-refractivity contribution is 5.94. The van der Waals surface area contributed by atoms with Crippen LogP contribution in [0.25, 0.3) is 0 Å². The van der Waals surface area contributed by atoms with Crippen molar-refractivity contribution < 1.29 is 27.5 Å². The van der Waals surface area contributed by atoms with E-state index in [-0.39, 0.29) is 17.5 Å². The lowest BCUT2D eigenvalue weighted by molar-refractivity contribution is -0.123. The summed E-state index contributed by atoms with van der Waals surface area (Å²) in [7, 11) is 0. The summed E-state index contributed by atoms with van der Waals surface area (Å²) in [6, 6.07) is 4.79. The normalized spacial score (nSPS) is 15.1. The zero-order chi connectivity index (χ0) is 21.7. The Morgan fingerprint density at radius 2 is 2.03 bits per heavy atom. The maximum absolute atomic E-state index is 12.6. The number of pyridine rings is 1. The van der Waals surface area contributed by atoms with Gasteiger partial charge in [-0.05, 0) is 31.9 Å². The molecule has 1 fully saturated rings. The largest absolute Gasteiger partial charge is 0.478 e. The van der Waals surface area contributed by atoms with Gasteiger partial charge in [-0.3, -0.25) is 14.7 Å². The van der Waals surface area contributed by atoms with Crippen LogP contribution in [0.5, 0.6) is 5.88 Å². The Morgan fingerprint density at radius 3 is 2.63 bits per heavy atom. The molecule has 11 heteroatoms. The minimum Gasteiger partial charge on any atom is -0.478 e. The Kier molecular flexibility index (Phi) is 6.58. The highest BCUT2D eigenvalue weighted by Gasteiger charge is 2.29. The molecule has 8 nitrogen and oxygen atoms in total. The predicted octanol–water partition coefficient (Wildman–Crippen LogP) is 2.52. The Hall–Kier alpha value is -3.11. The third kappa shape index (κ3) is 5.49. The van der Waals surface area contributed by atoms with Crippen LogP contribution in [0.2, 0.25) is 0 Å². The molecule has 1 aliphatic heterocycles. The Morgan fingerprint density at radius 1 is 1.30 bits per heavy atom. The fraction of sp³-hybridized carbons (Fsp3) is 0.474. The number of carbonyl (C=O) groups is 2. The molecule has 3 heterocycles. The summed E-state index contributed by atoms with van der Waals surface area (Å²) in [6.45, 7) is 1.95. The maximum Gasteiger partial charge on any atom is 0.405 e. The lowest BCUT2D eigenvalue weighted by atomic mass is 9.93. The second kappa shape index (κ2) is 9.14. The average Bonchev–Trinajstić information content (AvgIpc) is 3.22. The quantitative estimate of drug-likeness (QED) is 0.741. The van der Waals surface area contributed by atoms with E-state index in [1.165, 1.54) is 12.3 Å². The number of likely N-dealkylation sites (tertiary alicyclic amines) is 1. The third-order valence-corrected chi connectivity index (χ3v) is 4.78. The molecule has 30 heavy (non-hydrogen) atoms. The second-order valence-corrected chi connectivity index (χ2v) is 6.89. The summed E-state index contributed by atoms with van der Waals surface area (Å²) in [4.78, 5) is 30.3. The lowest BCUT2D eigenvalue weighted by Gasteiger charge is -2.31. The zero-order valence-electron chi connectivity index (χ0n) is 16.3. The van der Waals surface area contributed by atoms with Gasteiger partial charge in [0.05, 0.1) is 12.2 Å². The van der Waals surface area contributed by atoms with E-state index in [9.17, 15) is 22.8 Å². The number of carbonyl (C=O) groups excluding carboxylic acids is 2. The number of ether oxygens (including phenoxy) is 1. The van der Waals surface area contributed by atoms with Crippen molar-refractivity contribution in [2.45, 2.75) is 31.9 Å². The first-order chi connectivity index (χ1) is 14.3. The van der Waals surface area contributed by atoms with Gasteiger partial charge in [0.25, 0.3) is 11.8 Å². The summed E-state index contributed by atoms with van der Waals surface area (Å²) < 4.78 is 41.9. The van der Waals surface area contributed by atoms with Crippen molar-refractivity contribution in [2.24, 2.45) is 0 Å². The highest BCUT2D eigenvalue weighted by Crippen LogP contribution is 2.28. The van der Waals surface area contributed by atoms with Crippen molar-refractivity contribution in [1.82, 2.24) is 25.4 Å². The van der Waals surface area contributed by atoms with Gasteiger partial charge < -0.3 is 15.0 Å². The molecule has 3 rings (SSSR count). The number of hydrogen-bond donors (Lipinski definition) is 2. The van der Waals surface area contributed by atoms with Crippen LogP contribution in [0.4, 0.5) is 13.2 Å². The number of alkyl halides is 3. The van der Waals surface area contributed by atoms with Gasteiger partial charge in [-0.25, -0.2) is 4.98 Å². The summed E-state index contributed by atoms with van der Waals surface area (Å²) in [5.41, 5.74) is 1.05. The fourth-order valence-electron chi connectivity index (χ4n) is 3.25. The molecule has 2 N–H and O–H groups in total. The number of nitrogens with one attached hydrogen (secondary N) is 2. The molecule has 0 saturated carbocycles. The second-order valence-electron chi connectivity index (χ2n) is 6.89. The summed E-state index contributed by atoms with van der Waals surface area (Å²) in [5, 5.41) is 8.33. The molecule has 0 atom stereocenters. The SMILES string of the molecule is CCOc1ccc(C(=O)N2CCC(c3cc(C(=O)NCC(F)(F)F)n[nH]3)CC2)cn1. The first kappa shape index (κ1) is 21.6. The Bertz CT molecular complexity index is 874. The standard InChI is InChI=1S/C19H22F3N5O3/c1-2-30-16-4-3-13(10-23-16)18(29)27-7-5-12(6-8-27)14-9-15(26-25-14)17(28)24-11-19(20,21)22/h3-4,9-10,12H,2,5-8,11H2,1H3,(H,24,28)(H,25,26). The van der Waals surface area contributed by atoms with Gasteiger partial charge in [-0.1, -0.05) is 0 Å². The van der Waals surface area contributed by atoms with Gasteiger partial charge in [-0.2, -0.15) is 18.3 Å². The monoisotopic (exact) mass is 425 g/mol. The van der Waals surface area contributed by atoms with Crippen LogP contribution in [-0.2, 0) is 0 Å². The first-order valence-corrected chi connectivity index (χ1v) is 9.55. The van der Waals surface area contributed by atoms with Crippen molar-refractivity contribution in [3.05, 3.63) is 41.3 Å². The van der Waals surface area contributed by atoms with E-state index in [0.29, 0.717) is 49.7 Å². The minimum absolute atomic E-state index is 0.0316. The molecule has 162 valence electrons. The van der Waals surface area contributed by atoms with Crippen molar-refractivity contribution in [3.8, 4) is 5.88 Å². The predicted molar refractivity (Wildman–Crippen MR) is 100 cm³/mol. The van der Waals surface area contributed by atoms with Crippen LogP contribution >= 0.6 is 0 Å². The molecule has 0 radical (unpaired) electrons. The van der Waals surface area contributed by atoms with Crippen molar-refractivity contribution in [1.29, 1.82) is 0 Å². The fourth-order valence-corrected chi connectivity index (χ4v) is 3.25. The average molecular weight is 425 g/mol. The number of piperidine rings is 1. The van der Waals surface area contributed by atoms with E-state index in [0.717, 1.165) is 0 Å². The molecule has 1 aliphatic rings. The number of halogens is 3. The van der Waals surface area contributed by atoms with Crippen LogP contribution < -0.4 is 10.1 Å². The Labute approximate surface area is 170 Å². The molecule has 2 aromatic heterocycles. The van der Waals surface area contributed by atoms with Crippen LogP contribution in [0, 0.1) is 0 Å². The highest BCUT2D eigenvalue weighted by atomic mass is 19.4. The molecule has 2 aromatic rings. The number of amides is 2. The number of aromatic nitrogens is 3. The molecular weight excluding hydrogens is 403 g/mol. The topological polar surface area (TPSA) is 100 Å². The molecule has 2 amide bonds. The van der Waals surface area contributed by atoms with Gasteiger partial charge in [-0.15, -0.1) is 0 Å². The van der Waals surface area contributed by atoms with Crippen LogP contribution in [-0.4, -0.2) is 64.3 Å².